The Morgan fingerprint density at radius 1 is 0.828 bits per heavy atom. The fourth-order valence-electron chi connectivity index (χ4n) is 5.11. The van der Waals surface area contributed by atoms with Crippen LogP contribution < -0.4 is 0 Å². The molecule has 3 saturated carbocycles. The van der Waals surface area contributed by atoms with E-state index in [0.29, 0.717) is 23.8 Å². The Morgan fingerprint density at radius 3 is 1.97 bits per heavy atom. The zero-order chi connectivity index (χ0) is 19.6. The van der Waals surface area contributed by atoms with Gasteiger partial charge in [-0.2, -0.15) is 4.98 Å². The monoisotopic (exact) mass is 393 g/mol. The second-order valence-corrected chi connectivity index (χ2v) is 9.10. The number of aromatic nitrogens is 2. The van der Waals surface area contributed by atoms with Gasteiger partial charge in [-0.1, -0.05) is 55.8 Å². The lowest BCUT2D eigenvalue weighted by Gasteiger charge is -2.42. The fourth-order valence-corrected chi connectivity index (χ4v) is 5.11. The van der Waals surface area contributed by atoms with Crippen molar-refractivity contribution < 1.29 is 9.32 Å². The first kappa shape index (κ1) is 18.8. The fraction of sp³-hybridized carbons (Fsp3) is 0.625. The average molecular weight is 394 g/mol. The smallest absolute Gasteiger partial charge is 0.254 e. The molecule has 0 atom stereocenters. The van der Waals surface area contributed by atoms with Crippen molar-refractivity contribution >= 4 is 5.91 Å². The maximum atomic E-state index is 13.6. The van der Waals surface area contributed by atoms with Crippen molar-refractivity contribution in [3.8, 4) is 11.4 Å². The lowest BCUT2D eigenvalue weighted by Crippen LogP contribution is -2.48. The third-order valence-electron chi connectivity index (χ3n) is 6.93. The molecule has 1 heterocycles. The standard InChI is InChI=1S/C24H31N3O2/c28-24(27(20-7-3-1-4-8-20)21-9-5-2-6-10-21)19-15-11-17(12-16-19)22-25-23(29-26-22)18-13-14-18/h11-12,15-16,18,20-21H,1-10,13-14H2. The number of benzene rings is 1. The van der Waals surface area contributed by atoms with Gasteiger partial charge >= 0.3 is 0 Å². The molecule has 0 saturated heterocycles. The Morgan fingerprint density at radius 2 is 1.41 bits per heavy atom. The molecule has 1 aromatic heterocycles. The van der Waals surface area contributed by atoms with Crippen LogP contribution in [0.15, 0.2) is 28.8 Å². The van der Waals surface area contributed by atoms with E-state index >= 15 is 0 Å². The highest BCUT2D eigenvalue weighted by atomic mass is 16.5. The van der Waals surface area contributed by atoms with Crippen molar-refractivity contribution in [2.45, 2.75) is 95.1 Å². The van der Waals surface area contributed by atoms with Gasteiger partial charge in [0.1, 0.15) is 0 Å². The van der Waals surface area contributed by atoms with E-state index in [1.807, 2.05) is 24.3 Å². The van der Waals surface area contributed by atoms with Gasteiger partial charge in [-0.3, -0.25) is 4.79 Å². The SMILES string of the molecule is O=C(c1ccc(-c2noc(C3CC3)n2)cc1)N(C1CCCCC1)C1CCCCC1. The van der Waals surface area contributed by atoms with E-state index in [-0.39, 0.29) is 5.91 Å². The van der Waals surface area contributed by atoms with Crippen LogP contribution in [0.1, 0.15) is 99.2 Å². The van der Waals surface area contributed by atoms with Crippen LogP contribution in [0.5, 0.6) is 0 Å². The molecular weight excluding hydrogens is 362 g/mol. The lowest BCUT2D eigenvalue weighted by molar-refractivity contribution is 0.0448. The minimum atomic E-state index is 0.210. The van der Waals surface area contributed by atoms with E-state index in [1.165, 1.54) is 38.5 Å². The second kappa shape index (κ2) is 8.29. The first-order chi connectivity index (χ1) is 14.3. The van der Waals surface area contributed by atoms with E-state index in [0.717, 1.165) is 55.5 Å². The molecule has 0 unspecified atom stereocenters. The Bertz CT molecular complexity index is 810. The van der Waals surface area contributed by atoms with Crippen LogP contribution in [0.25, 0.3) is 11.4 Å². The van der Waals surface area contributed by atoms with E-state index in [9.17, 15) is 4.79 Å². The van der Waals surface area contributed by atoms with Crippen molar-refractivity contribution in [1.29, 1.82) is 0 Å². The second-order valence-electron chi connectivity index (χ2n) is 9.10. The molecule has 0 radical (unpaired) electrons. The van der Waals surface area contributed by atoms with E-state index in [2.05, 4.69) is 15.0 Å². The third kappa shape index (κ3) is 4.10. The van der Waals surface area contributed by atoms with Gasteiger partial charge in [0, 0.05) is 29.1 Å². The van der Waals surface area contributed by atoms with Gasteiger partial charge in [-0.25, -0.2) is 0 Å². The van der Waals surface area contributed by atoms with Gasteiger partial charge in [0.25, 0.3) is 5.91 Å². The highest BCUT2D eigenvalue weighted by molar-refractivity contribution is 5.95. The molecule has 1 amide bonds. The molecule has 3 aliphatic carbocycles. The molecular formula is C24H31N3O2. The number of carbonyl (C=O) groups is 1. The topological polar surface area (TPSA) is 59.2 Å². The van der Waals surface area contributed by atoms with Crippen molar-refractivity contribution in [1.82, 2.24) is 15.0 Å². The summed E-state index contributed by atoms with van der Waals surface area (Å²) in [7, 11) is 0. The van der Waals surface area contributed by atoms with Crippen molar-refractivity contribution in [3.63, 3.8) is 0 Å². The summed E-state index contributed by atoms with van der Waals surface area (Å²) in [5.74, 6) is 2.04. The van der Waals surface area contributed by atoms with E-state index in [4.69, 9.17) is 4.52 Å². The summed E-state index contributed by atoms with van der Waals surface area (Å²) in [5, 5.41) is 4.12. The summed E-state index contributed by atoms with van der Waals surface area (Å²) >= 11 is 0. The van der Waals surface area contributed by atoms with Gasteiger partial charge in [-0.05, 0) is 50.7 Å². The molecule has 29 heavy (non-hydrogen) atoms. The zero-order valence-corrected chi connectivity index (χ0v) is 17.2. The van der Waals surface area contributed by atoms with Crippen LogP contribution in [0.2, 0.25) is 0 Å². The Hall–Kier alpha value is -2.17. The minimum Gasteiger partial charge on any atom is -0.339 e. The van der Waals surface area contributed by atoms with Crippen molar-refractivity contribution in [3.05, 3.63) is 35.7 Å². The summed E-state index contributed by atoms with van der Waals surface area (Å²) in [4.78, 5) is 20.4. The van der Waals surface area contributed by atoms with Gasteiger partial charge < -0.3 is 9.42 Å². The molecule has 0 bridgehead atoms. The number of nitrogens with zero attached hydrogens (tertiary/aromatic N) is 3. The Kier molecular flexibility index (Phi) is 5.38. The zero-order valence-electron chi connectivity index (χ0n) is 17.2. The number of hydrogen-bond acceptors (Lipinski definition) is 4. The van der Waals surface area contributed by atoms with Crippen LogP contribution in [-0.4, -0.2) is 33.0 Å². The van der Waals surface area contributed by atoms with E-state index in [1.54, 1.807) is 0 Å². The number of amides is 1. The molecule has 5 nitrogen and oxygen atoms in total. The summed E-state index contributed by atoms with van der Waals surface area (Å²) < 4.78 is 5.38. The molecule has 0 spiro atoms. The number of carbonyl (C=O) groups excluding carboxylic acids is 1. The van der Waals surface area contributed by atoms with E-state index < -0.39 is 0 Å². The minimum absolute atomic E-state index is 0.210. The number of rotatable bonds is 5. The van der Waals surface area contributed by atoms with Crippen LogP contribution in [0.4, 0.5) is 0 Å². The predicted molar refractivity (Wildman–Crippen MR) is 112 cm³/mol. The van der Waals surface area contributed by atoms with Crippen LogP contribution in [-0.2, 0) is 0 Å². The Labute approximate surface area is 172 Å². The first-order valence-corrected chi connectivity index (χ1v) is 11.6. The average Bonchev–Trinajstić information content (AvgIpc) is 3.52. The van der Waals surface area contributed by atoms with Crippen LogP contribution in [0.3, 0.4) is 0 Å². The summed E-state index contributed by atoms with van der Waals surface area (Å²) in [6, 6.07) is 8.66. The maximum absolute atomic E-state index is 13.6. The number of hydrogen-bond donors (Lipinski definition) is 0. The van der Waals surface area contributed by atoms with Crippen LogP contribution in [0, 0.1) is 0 Å². The molecule has 3 fully saturated rings. The molecule has 0 aliphatic heterocycles. The summed E-state index contributed by atoms with van der Waals surface area (Å²) in [5.41, 5.74) is 1.70. The lowest BCUT2D eigenvalue weighted by atomic mass is 9.88. The largest absolute Gasteiger partial charge is 0.339 e. The van der Waals surface area contributed by atoms with Crippen molar-refractivity contribution in [2.75, 3.05) is 0 Å². The summed E-state index contributed by atoms with van der Waals surface area (Å²) in [6.45, 7) is 0. The quantitative estimate of drug-likeness (QED) is 0.652. The third-order valence-corrected chi connectivity index (χ3v) is 6.93. The maximum Gasteiger partial charge on any atom is 0.254 e. The van der Waals surface area contributed by atoms with Crippen molar-refractivity contribution in [2.24, 2.45) is 0 Å². The predicted octanol–water partition coefficient (Wildman–Crippen LogP) is 5.72. The highest BCUT2D eigenvalue weighted by Gasteiger charge is 2.33. The molecule has 2 aromatic rings. The molecule has 5 heteroatoms. The molecule has 0 N–H and O–H groups in total. The molecule has 1 aromatic carbocycles. The van der Waals surface area contributed by atoms with Gasteiger partial charge in [0.15, 0.2) is 0 Å². The van der Waals surface area contributed by atoms with Gasteiger partial charge in [-0.15, -0.1) is 0 Å². The molecule has 154 valence electrons. The summed E-state index contributed by atoms with van der Waals surface area (Å²) in [6.07, 6.45) is 14.6. The molecule has 5 rings (SSSR count). The first-order valence-electron chi connectivity index (χ1n) is 11.6. The Balaban J connectivity index is 1.35. The van der Waals surface area contributed by atoms with Gasteiger partial charge in [0.05, 0.1) is 0 Å². The molecule has 3 aliphatic rings. The highest BCUT2D eigenvalue weighted by Crippen LogP contribution is 2.39. The van der Waals surface area contributed by atoms with Crippen LogP contribution >= 0.6 is 0 Å². The normalized spacial score (nSPS) is 21.2. The van der Waals surface area contributed by atoms with Gasteiger partial charge in [0.2, 0.25) is 11.7 Å².